The molecular weight excluding hydrogens is 248 g/mol. The van der Waals surface area contributed by atoms with Crippen LogP contribution in [0.25, 0.3) is 0 Å². The third kappa shape index (κ3) is 2.59. The molecule has 96 valence electrons. The molecule has 0 aliphatic heterocycles. The van der Waals surface area contributed by atoms with Gasteiger partial charge in [0.25, 0.3) is 5.91 Å². The summed E-state index contributed by atoms with van der Waals surface area (Å²) in [4.78, 5) is 16.2. The maximum Gasteiger partial charge on any atom is 0.255 e. The Hall–Kier alpha value is -1.69. The Balaban J connectivity index is 1.95. The molecule has 0 fully saturated rings. The molecule has 2 rings (SSSR count). The molecule has 0 saturated carbocycles. The number of hydrogen-bond donors (Lipinski definition) is 1. The Morgan fingerprint density at radius 2 is 2.28 bits per heavy atom. The van der Waals surface area contributed by atoms with Gasteiger partial charge in [-0.15, -0.1) is 11.3 Å². The molecule has 0 bridgehead atoms. The van der Waals surface area contributed by atoms with Crippen LogP contribution in [0.5, 0.6) is 0 Å². The van der Waals surface area contributed by atoms with Crippen LogP contribution in [0.3, 0.4) is 0 Å². The highest BCUT2D eigenvalue weighted by molar-refractivity contribution is 7.09. The molecular formula is C12H16N4OS. The molecule has 5 nitrogen and oxygen atoms in total. The van der Waals surface area contributed by atoms with E-state index >= 15 is 0 Å². The van der Waals surface area contributed by atoms with Gasteiger partial charge in [0.2, 0.25) is 0 Å². The monoisotopic (exact) mass is 264 g/mol. The number of nitrogens with one attached hydrogen (secondary N) is 1. The van der Waals surface area contributed by atoms with Gasteiger partial charge in [0.05, 0.1) is 16.3 Å². The van der Waals surface area contributed by atoms with E-state index in [0.29, 0.717) is 12.1 Å². The standard InChI is InChI=1S/C12H16N4OS/c1-8-11(9(2)16(3)15-8)12(17)14-5-4-10-13-6-7-18-10/h6-7H,4-5H2,1-3H3,(H,14,17). The number of hydrogen-bond acceptors (Lipinski definition) is 4. The number of amides is 1. The Kier molecular flexibility index (Phi) is 3.76. The van der Waals surface area contributed by atoms with Gasteiger partial charge in [0.15, 0.2) is 0 Å². The summed E-state index contributed by atoms with van der Waals surface area (Å²) in [6.07, 6.45) is 2.54. The van der Waals surface area contributed by atoms with Crippen molar-refractivity contribution in [3.63, 3.8) is 0 Å². The summed E-state index contributed by atoms with van der Waals surface area (Å²) in [5.41, 5.74) is 2.33. The van der Waals surface area contributed by atoms with Crippen molar-refractivity contribution in [3.8, 4) is 0 Å². The van der Waals surface area contributed by atoms with E-state index in [9.17, 15) is 4.79 Å². The largest absolute Gasteiger partial charge is 0.351 e. The number of nitrogens with zero attached hydrogens (tertiary/aromatic N) is 3. The fraction of sp³-hybridized carbons (Fsp3) is 0.417. The summed E-state index contributed by atoms with van der Waals surface area (Å²) in [6, 6.07) is 0. The van der Waals surface area contributed by atoms with E-state index in [-0.39, 0.29) is 5.91 Å². The molecule has 18 heavy (non-hydrogen) atoms. The second-order valence-electron chi connectivity index (χ2n) is 4.10. The summed E-state index contributed by atoms with van der Waals surface area (Å²) in [5, 5.41) is 10.1. The van der Waals surface area contributed by atoms with Crippen LogP contribution in [-0.2, 0) is 13.5 Å². The molecule has 1 amide bonds. The van der Waals surface area contributed by atoms with Crippen LogP contribution in [0, 0.1) is 13.8 Å². The molecule has 0 atom stereocenters. The van der Waals surface area contributed by atoms with Crippen molar-refractivity contribution >= 4 is 17.2 Å². The summed E-state index contributed by atoms with van der Waals surface area (Å²) < 4.78 is 1.73. The SMILES string of the molecule is Cc1nn(C)c(C)c1C(=O)NCCc1nccs1. The van der Waals surface area contributed by atoms with Crippen LogP contribution in [0.2, 0.25) is 0 Å². The normalized spacial score (nSPS) is 10.6. The predicted molar refractivity (Wildman–Crippen MR) is 70.8 cm³/mol. The van der Waals surface area contributed by atoms with E-state index in [2.05, 4.69) is 15.4 Å². The van der Waals surface area contributed by atoms with Crippen LogP contribution in [0.4, 0.5) is 0 Å². The molecule has 0 saturated heterocycles. The zero-order valence-corrected chi connectivity index (χ0v) is 11.5. The van der Waals surface area contributed by atoms with Crippen molar-refractivity contribution in [3.05, 3.63) is 33.5 Å². The average Bonchev–Trinajstić information content (AvgIpc) is 2.89. The summed E-state index contributed by atoms with van der Waals surface area (Å²) in [6.45, 7) is 4.35. The lowest BCUT2D eigenvalue weighted by atomic mass is 10.2. The number of rotatable bonds is 4. The minimum Gasteiger partial charge on any atom is -0.351 e. The second kappa shape index (κ2) is 5.30. The second-order valence-corrected chi connectivity index (χ2v) is 5.08. The molecule has 0 spiro atoms. The van der Waals surface area contributed by atoms with Crippen molar-refractivity contribution in [2.75, 3.05) is 6.54 Å². The smallest absolute Gasteiger partial charge is 0.255 e. The summed E-state index contributed by atoms with van der Waals surface area (Å²) >= 11 is 1.60. The highest BCUT2D eigenvalue weighted by atomic mass is 32.1. The fourth-order valence-electron chi connectivity index (χ4n) is 1.85. The fourth-order valence-corrected chi connectivity index (χ4v) is 2.47. The number of carbonyl (C=O) groups is 1. The quantitative estimate of drug-likeness (QED) is 0.909. The van der Waals surface area contributed by atoms with Crippen LogP contribution >= 0.6 is 11.3 Å². The third-order valence-electron chi connectivity index (χ3n) is 2.84. The van der Waals surface area contributed by atoms with Gasteiger partial charge < -0.3 is 5.32 Å². The van der Waals surface area contributed by atoms with Gasteiger partial charge in [-0.1, -0.05) is 0 Å². The number of aryl methyl sites for hydroxylation is 2. The first-order valence-corrected chi connectivity index (χ1v) is 6.64. The first-order chi connectivity index (χ1) is 8.59. The maximum absolute atomic E-state index is 12.0. The lowest BCUT2D eigenvalue weighted by Gasteiger charge is -2.04. The molecule has 1 N–H and O–H groups in total. The first kappa shape index (κ1) is 12.8. The van der Waals surface area contributed by atoms with E-state index < -0.39 is 0 Å². The molecule has 6 heteroatoms. The summed E-state index contributed by atoms with van der Waals surface area (Å²) in [5.74, 6) is -0.0605. The van der Waals surface area contributed by atoms with Gasteiger partial charge in [0, 0.05) is 37.3 Å². The zero-order valence-electron chi connectivity index (χ0n) is 10.7. The van der Waals surface area contributed by atoms with Crippen LogP contribution < -0.4 is 5.32 Å². The van der Waals surface area contributed by atoms with Gasteiger partial charge in [-0.05, 0) is 13.8 Å². The van der Waals surface area contributed by atoms with Crippen LogP contribution in [-0.4, -0.2) is 27.2 Å². The van der Waals surface area contributed by atoms with E-state index in [4.69, 9.17) is 0 Å². The van der Waals surface area contributed by atoms with Crippen molar-refractivity contribution in [2.45, 2.75) is 20.3 Å². The summed E-state index contributed by atoms with van der Waals surface area (Å²) in [7, 11) is 1.84. The average molecular weight is 264 g/mol. The zero-order chi connectivity index (χ0) is 13.1. The van der Waals surface area contributed by atoms with Crippen molar-refractivity contribution in [1.29, 1.82) is 0 Å². The molecule has 0 aromatic carbocycles. The number of aromatic nitrogens is 3. The minimum atomic E-state index is -0.0605. The maximum atomic E-state index is 12.0. The van der Waals surface area contributed by atoms with E-state index in [1.807, 2.05) is 26.3 Å². The Labute approximate surface area is 110 Å². The van der Waals surface area contributed by atoms with Gasteiger partial charge >= 0.3 is 0 Å². The van der Waals surface area contributed by atoms with E-state index in [1.54, 1.807) is 22.2 Å². The highest BCUT2D eigenvalue weighted by Gasteiger charge is 2.16. The lowest BCUT2D eigenvalue weighted by molar-refractivity contribution is 0.0953. The first-order valence-electron chi connectivity index (χ1n) is 5.76. The Bertz CT molecular complexity index is 545. The van der Waals surface area contributed by atoms with Gasteiger partial charge in [-0.3, -0.25) is 9.48 Å². The number of thiazole rings is 1. The van der Waals surface area contributed by atoms with Gasteiger partial charge in [-0.25, -0.2) is 4.98 Å². The van der Waals surface area contributed by atoms with Gasteiger partial charge in [0.1, 0.15) is 0 Å². The van der Waals surface area contributed by atoms with Crippen LogP contribution in [0.15, 0.2) is 11.6 Å². The predicted octanol–water partition coefficient (Wildman–Crippen LogP) is 1.47. The molecule has 2 aromatic rings. The van der Waals surface area contributed by atoms with Crippen molar-refractivity contribution in [2.24, 2.45) is 7.05 Å². The molecule has 0 aliphatic carbocycles. The minimum absolute atomic E-state index is 0.0605. The van der Waals surface area contributed by atoms with E-state index in [1.165, 1.54) is 0 Å². The molecule has 0 radical (unpaired) electrons. The van der Waals surface area contributed by atoms with E-state index in [0.717, 1.165) is 22.8 Å². The molecule has 2 heterocycles. The van der Waals surface area contributed by atoms with Crippen molar-refractivity contribution in [1.82, 2.24) is 20.1 Å². The molecule has 0 aliphatic rings. The molecule has 0 unspecified atom stereocenters. The topological polar surface area (TPSA) is 59.8 Å². The lowest BCUT2D eigenvalue weighted by Crippen LogP contribution is -2.26. The number of carbonyl (C=O) groups excluding carboxylic acids is 1. The third-order valence-corrected chi connectivity index (χ3v) is 3.68. The van der Waals surface area contributed by atoms with Crippen LogP contribution in [0.1, 0.15) is 26.8 Å². The van der Waals surface area contributed by atoms with Gasteiger partial charge in [-0.2, -0.15) is 5.10 Å². The highest BCUT2D eigenvalue weighted by Crippen LogP contribution is 2.11. The molecule has 2 aromatic heterocycles. The Morgan fingerprint density at radius 1 is 1.50 bits per heavy atom. The van der Waals surface area contributed by atoms with Crippen molar-refractivity contribution < 1.29 is 4.79 Å². The Morgan fingerprint density at radius 3 is 2.83 bits per heavy atom.